The van der Waals surface area contributed by atoms with Crippen molar-refractivity contribution in [3.05, 3.63) is 30.1 Å². The number of likely N-dealkylation sites (tertiary alicyclic amines) is 2. The number of pyridine rings is 1. The van der Waals surface area contributed by atoms with Gasteiger partial charge in [-0.2, -0.15) is 26.3 Å². The molecule has 2 aliphatic heterocycles. The Bertz CT molecular complexity index is 797. The van der Waals surface area contributed by atoms with Crippen molar-refractivity contribution in [2.75, 3.05) is 40.3 Å². The predicted molar refractivity (Wildman–Crippen MR) is 105 cm³/mol. The lowest BCUT2D eigenvalue weighted by molar-refractivity contribution is -0.193. The number of halogens is 6. The minimum absolute atomic E-state index is 0.151. The lowest BCUT2D eigenvalue weighted by atomic mass is 10.0. The van der Waals surface area contributed by atoms with Gasteiger partial charge in [0.25, 0.3) is 0 Å². The Morgan fingerprint density at radius 2 is 1.41 bits per heavy atom. The Balaban J connectivity index is 0.000000343. The van der Waals surface area contributed by atoms with Crippen LogP contribution in [0.3, 0.4) is 0 Å². The number of aliphatic carboxylic acids is 2. The van der Waals surface area contributed by atoms with Crippen molar-refractivity contribution in [1.29, 1.82) is 0 Å². The third-order valence-electron chi connectivity index (χ3n) is 4.83. The molecule has 1 aromatic heterocycles. The second-order valence-electron chi connectivity index (χ2n) is 7.76. The minimum Gasteiger partial charge on any atom is -0.475 e. The van der Waals surface area contributed by atoms with Crippen LogP contribution in [0.2, 0.25) is 0 Å². The van der Waals surface area contributed by atoms with E-state index in [0.29, 0.717) is 11.8 Å². The van der Waals surface area contributed by atoms with Crippen molar-refractivity contribution < 1.29 is 50.9 Å². The van der Waals surface area contributed by atoms with Crippen molar-refractivity contribution in [1.82, 2.24) is 19.7 Å². The quantitative estimate of drug-likeness (QED) is 0.597. The molecule has 192 valence electrons. The van der Waals surface area contributed by atoms with Gasteiger partial charge in [0, 0.05) is 59.2 Å². The van der Waals surface area contributed by atoms with Gasteiger partial charge in [0.15, 0.2) is 0 Å². The highest BCUT2D eigenvalue weighted by Crippen LogP contribution is 2.32. The molecule has 0 aromatic carbocycles. The summed E-state index contributed by atoms with van der Waals surface area (Å²) in [6.45, 7) is 4.98. The average Bonchev–Trinajstić information content (AvgIpc) is 3.26. The summed E-state index contributed by atoms with van der Waals surface area (Å²) in [5.74, 6) is -4.24. The maximum Gasteiger partial charge on any atom is 0.490 e. The van der Waals surface area contributed by atoms with Crippen molar-refractivity contribution in [3.8, 4) is 0 Å². The molecule has 15 heteroatoms. The van der Waals surface area contributed by atoms with Crippen molar-refractivity contribution in [3.63, 3.8) is 0 Å². The maximum atomic E-state index is 12.0. The SMILES string of the molecule is CN(C)C(=O)N1C[C@H]2CN(Cc3cccnc3)C[C@H]2C1.O=C(O)C(F)(F)F.O=C(O)C(F)(F)F. The number of carbonyl (C=O) groups is 3. The highest BCUT2D eigenvalue weighted by molar-refractivity contribution is 5.74. The largest absolute Gasteiger partial charge is 0.490 e. The number of aromatic nitrogens is 1. The van der Waals surface area contributed by atoms with E-state index in [0.717, 1.165) is 32.7 Å². The summed E-state index contributed by atoms with van der Waals surface area (Å²) in [6, 6.07) is 4.27. The van der Waals surface area contributed by atoms with Crippen LogP contribution in [0.1, 0.15) is 5.56 Å². The van der Waals surface area contributed by atoms with Crippen LogP contribution in [-0.4, -0.2) is 100 Å². The van der Waals surface area contributed by atoms with Gasteiger partial charge < -0.3 is 20.0 Å². The van der Waals surface area contributed by atoms with E-state index in [-0.39, 0.29) is 6.03 Å². The number of carboxylic acid groups (broad SMARTS) is 2. The number of rotatable bonds is 2. The third kappa shape index (κ3) is 9.41. The normalized spacial score (nSPS) is 19.8. The highest BCUT2D eigenvalue weighted by Gasteiger charge is 2.42. The van der Waals surface area contributed by atoms with Crippen molar-refractivity contribution in [2.24, 2.45) is 11.8 Å². The molecule has 2 N–H and O–H groups in total. The molecule has 2 atom stereocenters. The molecule has 0 saturated carbocycles. The fraction of sp³-hybridized carbons (Fsp3) is 0.579. The summed E-state index contributed by atoms with van der Waals surface area (Å²) >= 11 is 0. The van der Waals surface area contributed by atoms with Crippen LogP contribution in [0, 0.1) is 11.8 Å². The molecule has 0 unspecified atom stereocenters. The first-order valence-corrected chi connectivity index (χ1v) is 9.70. The number of fused-ring (bicyclic) bond motifs is 1. The first kappa shape index (κ1) is 28.9. The summed E-state index contributed by atoms with van der Waals surface area (Å²) in [5.41, 5.74) is 1.27. The highest BCUT2D eigenvalue weighted by atomic mass is 19.4. The summed E-state index contributed by atoms with van der Waals surface area (Å²) in [4.78, 5) is 40.1. The number of amides is 2. The second kappa shape index (κ2) is 11.9. The van der Waals surface area contributed by atoms with Crippen molar-refractivity contribution >= 4 is 18.0 Å². The molecular weight excluding hydrogens is 478 g/mol. The molecule has 9 nitrogen and oxygen atoms in total. The van der Waals surface area contributed by atoms with Crippen LogP contribution in [0.4, 0.5) is 31.1 Å². The Hall–Kier alpha value is -3.10. The van der Waals surface area contributed by atoms with E-state index in [1.165, 1.54) is 5.56 Å². The minimum atomic E-state index is -5.08. The number of nitrogens with zero attached hydrogens (tertiary/aromatic N) is 4. The van der Waals surface area contributed by atoms with E-state index in [1.54, 1.807) is 4.90 Å². The van der Waals surface area contributed by atoms with Gasteiger partial charge in [0.05, 0.1) is 0 Å². The van der Waals surface area contributed by atoms with Crippen LogP contribution in [0.5, 0.6) is 0 Å². The van der Waals surface area contributed by atoms with E-state index in [1.807, 2.05) is 37.5 Å². The zero-order valence-corrected chi connectivity index (χ0v) is 18.2. The van der Waals surface area contributed by atoms with Gasteiger partial charge in [0.1, 0.15) is 0 Å². The predicted octanol–water partition coefficient (Wildman–Crippen LogP) is 2.39. The van der Waals surface area contributed by atoms with Gasteiger partial charge in [-0.25, -0.2) is 14.4 Å². The molecule has 0 spiro atoms. The third-order valence-corrected chi connectivity index (χ3v) is 4.83. The van der Waals surface area contributed by atoms with E-state index in [9.17, 15) is 31.1 Å². The van der Waals surface area contributed by atoms with Crippen LogP contribution < -0.4 is 0 Å². The summed E-state index contributed by atoms with van der Waals surface area (Å²) in [6.07, 6.45) is -6.41. The van der Waals surface area contributed by atoms with Crippen LogP contribution >= 0.6 is 0 Å². The molecule has 3 rings (SSSR count). The van der Waals surface area contributed by atoms with Gasteiger partial charge in [-0.05, 0) is 23.5 Å². The number of alkyl halides is 6. The molecule has 1 aromatic rings. The molecule has 0 aliphatic carbocycles. The molecular formula is C19H24F6N4O5. The number of urea groups is 1. The first-order valence-electron chi connectivity index (χ1n) is 9.70. The number of hydrogen-bond donors (Lipinski definition) is 2. The van der Waals surface area contributed by atoms with Gasteiger partial charge in [-0.1, -0.05) is 6.07 Å². The summed E-state index contributed by atoms with van der Waals surface area (Å²) < 4.78 is 63.5. The van der Waals surface area contributed by atoms with Gasteiger partial charge >= 0.3 is 30.3 Å². The molecule has 34 heavy (non-hydrogen) atoms. The molecule has 0 radical (unpaired) electrons. The smallest absolute Gasteiger partial charge is 0.475 e. The zero-order valence-electron chi connectivity index (χ0n) is 18.2. The average molecular weight is 502 g/mol. The summed E-state index contributed by atoms with van der Waals surface area (Å²) in [5, 5.41) is 14.2. The second-order valence-corrected chi connectivity index (χ2v) is 7.76. The van der Waals surface area contributed by atoms with E-state index in [2.05, 4.69) is 16.0 Å². The van der Waals surface area contributed by atoms with Gasteiger partial charge in [-0.3, -0.25) is 9.88 Å². The number of carbonyl (C=O) groups excluding carboxylic acids is 1. The fourth-order valence-corrected chi connectivity index (χ4v) is 3.41. The van der Waals surface area contributed by atoms with Crippen LogP contribution in [0.15, 0.2) is 24.5 Å². The van der Waals surface area contributed by atoms with Crippen LogP contribution in [0.25, 0.3) is 0 Å². The standard InChI is InChI=1S/C15H22N4O.2C2HF3O2/c1-17(2)15(20)19-10-13-8-18(9-14(13)11-19)7-12-4-3-5-16-6-12;2*3-2(4,5)1(6)7/h3-6,13-14H,7-11H2,1-2H3;2*(H,6,7)/t13-,14+;;. The number of hydrogen-bond acceptors (Lipinski definition) is 5. The Morgan fingerprint density at radius 1 is 0.971 bits per heavy atom. The molecule has 2 fully saturated rings. The lowest BCUT2D eigenvalue weighted by Gasteiger charge is -2.24. The molecule has 2 amide bonds. The monoisotopic (exact) mass is 502 g/mol. The first-order chi connectivity index (χ1) is 15.5. The molecule has 2 aliphatic rings. The van der Waals surface area contributed by atoms with Crippen molar-refractivity contribution in [2.45, 2.75) is 18.9 Å². The molecule has 2 saturated heterocycles. The Morgan fingerprint density at radius 3 is 1.74 bits per heavy atom. The lowest BCUT2D eigenvalue weighted by Crippen LogP contribution is -2.39. The fourth-order valence-electron chi connectivity index (χ4n) is 3.41. The van der Waals surface area contributed by atoms with Gasteiger partial charge in [-0.15, -0.1) is 0 Å². The van der Waals surface area contributed by atoms with Gasteiger partial charge in [0.2, 0.25) is 0 Å². The topological polar surface area (TPSA) is 114 Å². The maximum absolute atomic E-state index is 12.0. The van der Waals surface area contributed by atoms with Crippen LogP contribution in [-0.2, 0) is 16.1 Å². The summed E-state index contributed by atoms with van der Waals surface area (Å²) in [7, 11) is 3.65. The van der Waals surface area contributed by atoms with E-state index in [4.69, 9.17) is 19.8 Å². The zero-order chi connectivity index (χ0) is 26.3. The van der Waals surface area contributed by atoms with E-state index >= 15 is 0 Å². The Labute approximate surface area is 190 Å². The Kier molecular flexibility index (Phi) is 10.1. The molecule has 3 heterocycles. The number of carboxylic acids is 2. The molecule has 0 bridgehead atoms. The van der Waals surface area contributed by atoms with E-state index < -0.39 is 24.3 Å².